The molecule has 84 valence electrons. The Labute approximate surface area is 94.3 Å². The molecule has 0 bridgehead atoms. The summed E-state index contributed by atoms with van der Waals surface area (Å²) in [6.45, 7) is 1.91. The van der Waals surface area contributed by atoms with E-state index in [9.17, 15) is 5.11 Å². The van der Waals surface area contributed by atoms with E-state index in [-0.39, 0.29) is 11.8 Å². The van der Waals surface area contributed by atoms with Crippen LogP contribution in [0.3, 0.4) is 0 Å². The summed E-state index contributed by atoms with van der Waals surface area (Å²) in [5.74, 6) is 0.259. The van der Waals surface area contributed by atoms with E-state index in [0.717, 1.165) is 16.8 Å². The molecule has 4 heteroatoms. The number of rotatable bonds is 2. The number of hydrogen-bond donors (Lipinski definition) is 2. The van der Waals surface area contributed by atoms with E-state index in [4.69, 9.17) is 5.73 Å². The van der Waals surface area contributed by atoms with E-state index >= 15 is 0 Å². The van der Waals surface area contributed by atoms with Crippen LogP contribution in [0.2, 0.25) is 0 Å². The summed E-state index contributed by atoms with van der Waals surface area (Å²) in [6.07, 6.45) is 1.94. The van der Waals surface area contributed by atoms with Crippen LogP contribution in [0.4, 0.5) is 0 Å². The van der Waals surface area contributed by atoms with Gasteiger partial charge >= 0.3 is 0 Å². The quantitative estimate of drug-likeness (QED) is 0.806. The van der Waals surface area contributed by atoms with Gasteiger partial charge in [0.1, 0.15) is 5.75 Å². The van der Waals surface area contributed by atoms with Gasteiger partial charge < -0.3 is 10.8 Å². The molecule has 1 atom stereocenters. The Morgan fingerprint density at radius 3 is 2.50 bits per heavy atom. The van der Waals surface area contributed by atoms with E-state index in [0.29, 0.717) is 0 Å². The Morgan fingerprint density at radius 2 is 1.94 bits per heavy atom. The maximum Gasteiger partial charge on any atom is 0.115 e. The maximum absolute atomic E-state index is 9.24. The first-order valence-electron chi connectivity index (χ1n) is 5.16. The second-order valence-electron chi connectivity index (χ2n) is 3.94. The van der Waals surface area contributed by atoms with Crippen LogP contribution in [0.25, 0.3) is 11.1 Å². The van der Waals surface area contributed by atoms with Gasteiger partial charge in [0.25, 0.3) is 0 Å². The molecule has 2 aromatic rings. The number of nitrogens with two attached hydrogens (primary N) is 1. The molecular formula is C12H15N3O. The summed E-state index contributed by atoms with van der Waals surface area (Å²) in [7, 11) is 1.87. The van der Waals surface area contributed by atoms with Crippen molar-refractivity contribution in [3.8, 4) is 16.9 Å². The van der Waals surface area contributed by atoms with Crippen LogP contribution in [0.15, 0.2) is 30.5 Å². The van der Waals surface area contributed by atoms with E-state index in [1.54, 1.807) is 16.8 Å². The minimum absolute atomic E-state index is 0.106. The summed E-state index contributed by atoms with van der Waals surface area (Å²) >= 11 is 0. The zero-order valence-corrected chi connectivity index (χ0v) is 9.38. The Balaban J connectivity index is 2.50. The second kappa shape index (κ2) is 3.98. The lowest BCUT2D eigenvalue weighted by Gasteiger charge is -2.05. The van der Waals surface area contributed by atoms with Crippen LogP contribution in [-0.4, -0.2) is 14.9 Å². The van der Waals surface area contributed by atoms with Crippen molar-refractivity contribution in [1.82, 2.24) is 9.78 Å². The average Bonchev–Trinajstić information content (AvgIpc) is 2.61. The number of phenols is 1. The first kappa shape index (κ1) is 10.7. The minimum Gasteiger partial charge on any atom is -0.508 e. The van der Waals surface area contributed by atoms with Gasteiger partial charge in [0, 0.05) is 24.8 Å². The molecule has 0 saturated heterocycles. The number of aryl methyl sites for hydroxylation is 1. The maximum atomic E-state index is 9.24. The zero-order valence-electron chi connectivity index (χ0n) is 9.38. The van der Waals surface area contributed by atoms with E-state index < -0.39 is 0 Å². The van der Waals surface area contributed by atoms with Gasteiger partial charge in [0.05, 0.1) is 5.69 Å². The fourth-order valence-corrected chi connectivity index (χ4v) is 1.71. The van der Waals surface area contributed by atoms with Crippen molar-refractivity contribution < 1.29 is 5.11 Å². The Kier molecular flexibility index (Phi) is 2.66. The summed E-state index contributed by atoms with van der Waals surface area (Å²) in [5.41, 5.74) is 8.76. The van der Waals surface area contributed by atoms with E-state index in [1.165, 1.54) is 0 Å². The van der Waals surface area contributed by atoms with Crippen molar-refractivity contribution in [3.05, 3.63) is 36.2 Å². The number of phenolic OH excluding ortho intramolecular Hbond substituents is 1. The van der Waals surface area contributed by atoms with Crippen molar-refractivity contribution in [2.45, 2.75) is 13.0 Å². The summed E-state index contributed by atoms with van der Waals surface area (Å²) in [5, 5.41) is 13.6. The summed E-state index contributed by atoms with van der Waals surface area (Å²) < 4.78 is 1.75. The molecule has 1 aromatic carbocycles. The molecule has 1 aromatic heterocycles. The van der Waals surface area contributed by atoms with Gasteiger partial charge in [-0.1, -0.05) is 12.1 Å². The number of aromatic nitrogens is 2. The summed E-state index contributed by atoms with van der Waals surface area (Å²) in [6, 6.07) is 6.93. The molecule has 0 spiro atoms. The molecule has 1 unspecified atom stereocenters. The van der Waals surface area contributed by atoms with Gasteiger partial charge in [0.15, 0.2) is 0 Å². The van der Waals surface area contributed by atoms with Crippen LogP contribution in [0.1, 0.15) is 18.7 Å². The molecule has 2 rings (SSSR count). The van der Waals surface area contributed by atoms with Crippen molar-refractivity contribution in [1.29, 1.82) is 0 Å². The molecule has 0 amide bonds. The van der Waals surface area contributed by atoms with Crippen molar-refractivity contribution in [3.63, 3.8) is 0 Å². The van der Waals surface area contributed by atoms with Crippen LogP contribution in [0, 0.1) is 0 Å². The Hall–Kier alpha value is -1.81. The third-order valence-electron chi connectivity index (χ3n) is 2.47. The lowest BCUT2D eigenvalue weighted by molar-refractivity contribution is 0.475. The predicted octanol–water partition coefficient (Wildman–Crippen LogP) is 1.81. The van der Waals surface area contributed by atoms with Crippen LogP contribution >= 0.6 is 0 Å². The molecule has 4 nitrogen and oxygen atoms in total. The molecule has 0 aliphatic heterocycles. The highest BCUT2D eigenvalue weighted by molar-refractivity contribution is 5.66. The van der Waals surface area contributed by atoms with Crippen molar-refractivity contribution >= 4 is 0 Å². The highest BCUT2D eigenvalue weighted by atomic mass is 16.3. The molecule has 1 heterocycles. The highest BCUT2D eigenvalue weighted by Gasteiger charge is 2.13. The van der Waals surface area contributed by atoms with Gasteiger partial charge in [0.2, 0.25) is 0 Å². The van der Waals surface area contributed by atoms with E-state index in [1.807, 2.05) is 32.3 Å². The Morgan fingerprint density at radius 1 is 1.31 bits per heavy atom. The van der Waals surface area contributed by atoms with Crippen molar-refractivity contribution in [2.75, 3.05) is 0 Å². The van der Waals surface area contributed by atoms with Crippen LogP contribution < -0.4 is 5.73 Å². The SMILES string of the molecule is CC(N)c1nn(C)cc1-c1ccc(O)cc1. The van der Waals surface area contributed by atoms with Crippen LogP contribution in [-0.2, 0) is 7.05 Å². The first-order chi connectivity index (χ1) is 7.58. The number of nitrogens with zero attached hydrogens (tertiary/aromatic N) is 2. The normalized spacial score (nSPS) is 12.7. The van der Waals surface area contributed by atoms with Gasteiger partial charge in [-0.05, 0) is 24.6 Å². The fourth-order valence-electron chi connectivity index (χ4n) is 1.71. The molecule has 0 radical (unpaired) electrons. The van der Waals surface area contributed by atoms with Gasteiger partial charge in [-0.2, -0.15) is 5.10 Å². The van der Waals surface area contributed by atoms with Crippen molar-refractivity contribution in [2.24, 2.45) is 12.8 Å². The molecule has 16 heavy (non-hydrogen) atoms. The van der Waals surface area contributed by atoms with Gasteiger partial charge in [-0.15, -0.1) is 0 Å². The number of hydrogen-bond acceptors (Lipinski definition) is 3. The van der Waals surface area contributed by atoms with E-state index in [2.05, 4.69) is 5.10 Å². The van der Waals surface area contributed by atoms with Gasteiger partial charge in [-0.3, -0.25) is 4.68 Å². The Bertz CT molecular complexity index is 485. The second-order valence-corrected chi connectivity index (χ2v) is 3.94. The number of aromatic hydroxyl groups is 1. The standard InChI is InChI=1S/C12H15N3O/c1-8(13)12-11(7-15(2)14-12)9-3-5-10(16)6-4-9/h3-8,16H,13H2,1-2H3. The molecule has 3 N–H and O–H groups in total. The lowest BCUT2D eigenvalue weighted by Crippen LogP contribution is -2.07. The van der Waals surface area contributed by atoms with Gasteiger partial charge in [-0.25, -0.2) is 0 Å². The topological polar surface area (TPSA) is 64.1 Å². The first-order valence-corrected chi connectivity index (χ1v) is 5.16. The largest absolute Gasteiger partial charge is 0.508 e. The van der Waals surface area contributed by atoms with Crippen LogP contribution in [0.5, 0.6) is 5.75 Å². The summed E-state index contributed by atoms with van der Waals surface area (Å²) in [4.78, 5) is 0. The molecule has 0 aliphatic rings. The fraction of sp³-hybridized carbons (Fsp3) is 0.250. The molecule has 0 aliphatic carbocycles. The monoisotopic (exact) mass is 217 g/mol. The predicted molar refractivity (Wildman–Crippen MR) is 62.9 cm³/mol. The molecule has 0 fully saturated rings. The third kappa shape index (κ3) is 1.92. The lowest BCUT2D eigenvalue weighted by atomic mass is 10.0. The minimum atomic E-state index is -0.106. The third-order valence-corrected chi connectivity index (χ3v) is 2.47. The zero-order chi connectivity index (χ0) is 11.7. The molecular weight excluding hydrogens is 202 g/mol. The molecule has 0 saturated carbocycles. The smallest absolute Gasteiger partial charge is 0.115 e. The highest BCUT2D eigenvalue weighted by Crippen LogP contribution is 2.27. The number of benzene rings is 1. The average molecular weight is 217 g/mol.